The van der Waals surface area contributed by atoms with Crippen LogP contribution >= 0.6 is 0 Å². The van der Waals surface area contributed by atoms with Crippen LogP contribution in [0, 0.1) is 0 Å². The topological polar surface area (TPSA) is 105 Å². The van der Waals surface area contributed by atoms with Gasteiger partial charge in [-0.15, -0.1) is 0 Å². The molecule has 0 aliphatic rings. The van der Waals surface area contributed by atoms with Gasteiger partial charge in [0.05, 0.1) is 12.6 Å². The highest BCUT2D eigenvalue weighted by atomic mass is 19.3. The molecule has 0 spiro atoms. The second kappa shape index (κ2) is 13.3. The molecule has 2 unspecified atom stereocenters. The zero-order valence-electron chi connectivity index (χ0n) is 20.0. The number of aliphatic hydroxyl groups excluding tert-OH is 1. The lowest BCUT2D eigenvalue weighted by molar-refractivity contribution is -0.149. The quantitative estimate of drug-likeness (QED) is 0.256. The van der Waals surface area contributed by atoms with Gasteiger partial charge in [-0.3, -0.25) is 14.4 Å². The fourth-order valence-electron chi connectivity index (χ4n) is 3.55. The predicted molar refractivity (Wildman–Crippen MR) is 133 cm³/mol. The van der Waals surface area contributed by atoms with E-state index >= 15 is 0 Å². The molecule has 0 fully saturated rings. The normalized spacial score (nSPS) is 12.7. The number of esters is 1. The molecule has 0 aromatic heterocycles. The van der Waals surface area contributed by atoms with Gasteiger partial charge in [0.25, 0.3) is 11.8 Å². The molecule has 0 bridgehead atoms. The average Bonchev–Trinajstić information content (AvgIpc) is 2.91. The van der Waals surface area contributed by atoms with Crippen molar-refractivity contribution >= 4 is 17.8 Å². The largest absolute Gasteiger partial charge is 0.460 e. The third kappa shape index (κ3) is 8.80. The first-order valence-electron chi connectivity index (χ1n) is 11.7. The van der Waals surface area contributed by atoms with Crippen molar-refractivity contribution in [1.29, 1.82) is 0 Å². The second-order valence-electron chi connectivity index (χ2n) is 8.44. The predicted octanol–water partition coefficient (Wildman–Crippen LogP) is 3.27. The van der Waals surface area contributed by atoms with E-state index in [1.54, 1.807) is 78.9 Å². The minimum atomic E-state index is -3.81. The van der Waals surface area contributed by atoms with Gasteiger partial charge in [-0.05, 0) is 29.7 Å². The highest BCUT2D eigenvalue weighted by Crippen LogP contribution is 2.23. The summed E-state index contributed by atoms with van der Waals surface area (Å²) in [5.41, 5.74) is 1.59. The highest BCUT2D eigenvalue weighted by molar-refractivity contribution is 5.94. The molecule has 7 nitrogen and oxygen atoms in total. The average molecular weight is 511 g/mol. The van der Waals surface area contributed by atoms with Gasteiger partial charge in [0, 0.05) is 5.56 Å². The lowest BCUT2D eigenvalue weighted by Gasteiger charge is -2.30. The van der Waals surface area contributed by atoms with Crippen LogP contribution in [0.25, 0.3) is 0 Å². The lowest BCUT2D eigenvalue weighted by atomic mass is 9.96. The first-order chi connectivity index (χ1) is 17.7. The van der Waals surface area contributed by atoms with E-state index in [-0.39, 0.29) is 18.6 Å². The van der Waals surface area contributed by atoms with Crippen LogP contribution in [0.4, 0.5) is 8.78 Å². The number of halogens is 2. The van der Waals surface area contributed by atoms with E-state index in [0.29, 0.717) is 11.1 Å². The molecule has 37 heavy (non-hydrogen) atoms. The number of amides is 2. The molecule has 2 amide bonds. The van der Waals surface area contributed by atoms with Crippen molar-refractivity contribution in [3.8, 4) is 0 Å². The van der Waals surface area contributed by atoms with Crippen LogP contribution in [0.2, 0.25) is 0 Å². The second-order valence-corrected chi connectivity index (χ2v) is 8.44. The Hall–Kier alpha value is -4.11. The van der Waals surface area contributed by atoms with Gasteiger partial charge in [0.15, 0.2) is 0 Å². The van der Waals surface area contributed by atoms with Crippen LogP contribution in [0.3, 0.4) is 0 Å². The molecule has 9 heteroatoms. The summed E-state index contributed by atoms with van der Waals surface area (Å²) in [5, 5.41) is 15.0. The van der Waals surface area contributed by atoms with Crippen molar-refractivity contribution in [3.63, 3.8) is 0 Å². The van der Waals surface area contributed by atoms with Crippen LogP contribution in [0.1, 0.15) is 27.9 Å². The van der Waals surface area contributed by atoms with E-state index in [0.717, 1.165) is 0 Å². The molecule has 3 N–H and O–H groups in total. The van der Waals surface area contributed by atoms with Gasteiger partial charge in [-0.2, -0.15) is 0 Å². The minimum Gasteiger partial charge on any atom is -0.460 e. The van der Waals surface area contributed by atoms with Gasteiger partial charge in [-0.1, -0.05) is 78.9 Å². The molecule has 0 heterocycles. The Morgan fingerprint density at radius 1 is 0.838 bits per heavy atom. The summed E-state index contributed by atoms with van der Waals surface area (Å²) in [4.78, 5) is 36.6. The Kier molecular flexibility index (Phi) is 9.85. The maximum atomic E-state index is 15.0. The first-order valence-corrected chi connectivity index (χ1v) is 11.7. The van der Waals surface area contributed by atoms with Crippen molar-refractivity contribution in [1.82, 2.24) is 10.6 Å². The molecule has 3 rings (SSSR count). The van der Waals surface area contributed by atoms with Gasteiger partial charge in [0.1, 0.15) is 19.1 Å². The maximum Gasteiger partial charge on any atom is 0.315 e. The standard InChI is InChI=1S/C28H28F2N2O5/c29-28(30,19-31-24(33)17-25(34)37-18-21-12-6-2-7-13-21)26(35)23(16-20-10-4-1-5-11-20)32-27(36)22-14-8-3-9-15-22/h1-15,23,26,35H,16-19H2,(H,31,33)(H,32,36). The summed E-state index contributed by atoms with van der Waals surface area (Å²) < 4.78 is 34.9. The fourth-order valence-corrected chi connectivity index (χ4v) is 3.55. The number of nitrogens with one attached hydrogen (secondary N) is 2. The third-order valence-electron chi connectivity index (χ3n) is 5.53. The van der Waals surface area contributed by atoms with Gasteiger partial charge < -0.3 is 20.5 Å². The van der Waals surface area contributed by atoms with E-state index in [9.17, 15) is 28.3 Å². The summed E-state index contributed by atoms with van der Waals surface area (Å²) >= 11 is 0. The van der Waals surface area contributed by atoms with Crippen molar-refractivity contribution in [3.05, 3.63) is 108 Å². The van der Waals surface area contributed by atoms with E-state index in [1.807, 2.05) is 5.32 Å². The molecule has 194 valence electrons. The van der Waals surface area contributed by atoms with Crippen LogP contribution in [-0.4, -0.2) is 47.5 Å². The van der Waals surface area contributed by atoms with Crippen molar-refractivity contribution < 1.29 is 33.0 Å². The van der Waals surface area contributed by atoms with E-state index in [1.165, 1.54) is 12.1 Å². The molecular formula is C28H28F2N2O5. The molecule has 0 aliphatic heterocycles. The Balaban J connectivity index is 1.59. The molecule has 2 atom stereocenters. The number of ether oxygens (including phenoxy) is 1. The summed E-state index contributed by atoms with van der Waals surface area (Å²) in [5.74, 6) is -6.28. The SMILES string of the molecule is O=C(CC(=O)OCc1ccccc1)NCC(F)(F)C(O)C(Cc1ccccc1)NC(=O)c1ccccc1. The summed E-state index contributed by atoms with van der Waals surface area (Å²) in [7, 11) is 0. The number of hydrogen-bond acceptors (Lipinski definition) is 5. The Labute approximate surface area is 213 Å². The Morgan fingerprint density at radius 2 is 1.38 bits per heavy atom. The zero-order chi connectivity index (χ0) is 26.7. The minimum absolute atomic E-state index is 0.0515. The lowest BCUT2D eigenvalue weighted by Crippen LogP contribution is -2.56. The maximum absolute atomic E-state index is 15.0. The van der Waals surface area contributed by atoms with E-state index in [4.69, 9.17) is 4.74 Å². The summed E-state index contributed by atoms with van der Waals surface area (Å²) in [6.07, 6.45) is -3.15. The van der Waals surface area contributed by atoms with Crippen LogP contribution < -0.4 is 10.6 Å². The molecule has 0 saturated carbocycles. The number of hydrogen-bond donors (Lipinski definition) is 3. The van der Waals surface area contributed by atoms with Gasteiger partial charge in [0.2, 0.25) is 5.91 Å². The molecule has 3 aromatic carbocycles. The van der Waals surface area contributed by atoms with E-state index < -0.39 is 48.8 Å². The van der Waals surface area contributed by atoms with Gasteiger partial charge in [-0.25, -0.2) is 8.78 Å². The monoisotopic (exact) mass is 510 g/mol. The first kappa shape index (κ1) is 27.5. The number of carbonyl (C=O) groups excluding carboxylic acids is 3. The number of aliphatic hydroxyl groups is 1. The number of rotatable bonds is 12. The summed E-state index contributed by atoms with van der Waals surface area (Å²) in [6.45, 7) is -1.28. The number of benzene rings is 3. The van der Waals surface area contributed by atoms with Crippen molar-refractivity contribution in [2.24, 2.45) is 0 Å². The van der Waals surface area contributed by atoms with Crippen LogP contribution in [0.15, 0.2) is 91.0 Å². The van der Waals surface area contributed by atoms with Crippen molar-refractivity contribution in [2.45, 2.75) is 37.5 Å². The zero-order valence-corrected chi connectivity index (χ0v) is 20.0. The number of carbonyl (C=O) groups is 3. The third-order valence-corrected chi connectivity index (χ3v) is 5.53. The Morgan fingerprint density at radius 3 is 1.97 bits per heavy atom. The van der Waals surface area contributed by atoms with E-state index in [2.05, 4.69) is 5.32 Å². The Bertz CT molecular complexity index is 1160. The molecular weight excluding hydrogens is 482 g/mol. The van der Waals surface area contributed by atoms with Crippen molar-refractivity contribution in [2.75, 3.05) is 6.54 Å². The van der Waals surface area contributed by atoms with Crippen LogP contribution in [-0.2, 0) is 27.4 Å². The molecule has 0 aliphatic carbocycles. The molecule has 3 aromatic rings. The fraction of sp³-hybridized carbons (Fsp3) is 0.250. The van der Waals surface area contributed by atoms with Crippen LogP contribution in [0.5, 0.6) is 0 Å². The highest BCUT2D eigenvalue weighted by Gasteiger charge is 2.44. The molecule has 0 saturated heterocycles. The number of alkyl halides is 2. The summed E-state index contributed by atoms with van der Waals surface area (Å²) in [6, 6.07) is 24.0. The smallest absolute Gasteiger partial charge is 0.315 e. The van der Waals surface area contributed by atoms with Gasteiger partial charge >= 0.3 is 5.97 Å². The molecule has 0 radical (unpaired) electrons.